The summed E-state index contributed by atoms with van der Waals surface area (Å²) in [6.07, 6.45) is 7.00. The number of benzene rings is 1. The summed E-state index contributed by atoms with van der Waals surface area (Å²) in [6, 6.07) is 10.3. The zero-order valence-corrected chi connectivity index (χ0v) is 13.1. The Morgan fingerprint density at radius 3 is 2.88 bits per heavy atom. The molecule has 4 aromatic rings. The van der Waals surface area contributed by atoms with Gasteiger partial charge in [-0.2, -0.15) is 4.98 Å². The quantitative estimate of drug-likeness (QED) is 0.609. The van der Waals surface area contributed by atoms with Crippen LogP contribution in [0.4, 0.5) is 5.82 Å². The third-order valence-corrected chi connectivity index (χ3v) is 3.91. The SMILES string of the molecule is Cc1noc2ncnc(N[C@H](Cn3ccnc3)c3ccccc3)c12. The Kier molecular flexibility index (Phi) is 3.66. The maximum atomic E-state index is 5.23. The summed E-state index contributed by atoms with van der Waals surface area (Å²) in [5.41, 5.74) is 2.41. The van der Waals surface area contributed by atoms with Gasteiger partial charge in [0.05, 0.1) is 18.1 Å². The van der Waals surface area contributed by atoms with Crippen LogP contribution in [0.2, 0.25) is 0 Å². The van der Waals surface area contributed by atoms with E-state index in [4.69, 9.17) is 4.52 Å². The van der Waals surface area contributed by atoms with Crippen molar-refractivity contribution in [3.63, 3.8) is 0 Å². The lowest BCUT2D eigenvalue weighted by molar-refractivity contribution is 0.442. The van der Waals surface area contributed by atoms with Crippen LogP contribution in [0.15, 0.2) is 59.9 Å². The lowest BCUT2D eigenvalue weighted by Crippen LogP contribution is -2.18. The van der Waals surface area contributed by atoms with Crippen LogP contribution in [0.1, 0.15) is 17.3 Å². The van der Waals surface area contributed by atoms with Crippen molar-refractivity contribution < 1.29 is 4.52 Å². The third-order valence-electron chi connectivity index (χ3n) is 3.91. The molecule has 0 amide bonds. The standard InChI is InChI=1S/C17H16N6O/c1-12-15-16(19-10-20-17(15)24-22-12)21-14(9-23-8-7-18-11-23)13-5-3-2-4-6-13/h2-8,10-11,14H,9H2,1H3,(H,19,20,21)/t14-/m1/s1. The van der Waals surface area contributed by atoms with Crippen LogP contribution in [0.3, 0.4) is 0 Å². The molecule has 1 aromatic carbocycles. The van der Waals surface area contributed by atoms with Gasteiger partial charge in [-0.1, -0.05) is 35.5 Å². The number of aryl methyl sites for hydroxylation is 1. The van der Waals surface area contributed by atoms with Crippen LogP contribution in [0.5, 0.6) is 0 Å². The van der Waals surface area contributed by atoms with E-state index >= 15 is 0 Å². The topological polar surface area (TPSA) is 81.7 Å². The molecule has 0 fully saturated rings. The van der Waals surface area contributed by atoms with Crippen molar-refractivity contribution in [1.82, 2.24) is 24.7 Å². The first-order valence-electron chi connectivity index (χ1n) is 7.65. The molecule has 0 aliphatic carbocycles. The lowest BCUT2D eigenvalue weighted by atomic mass is 10.1. The number of nitrogens with zero attached hydrogens (tertiary/aromatic N) is 5. The number of nitrogens with one attached hydrogen (secondary N) is 1. The molecule has 0 saturated heterocycles. The van der Waals surface area contributed by atoms with E-state index in [1.165, 1.54) is 6.33 Å². The minimum absolute atomic E-state index is 0.0211. The molecule has 24 heavy (non-hydrogen) atoms. The van der Waals surface area contributed by atoms with Gasteiger partial charge in [-0.25, -0.2) is 9.97 Å². The first-order chi connectivity index (χ1) is 11.8. The zero-order valence-electron chi connectivity index (χ0n) is 13.1. The van der Waals surface area contributed by atoms with E-state index in [0.29, 0.717) is 11.5 Å². The van der Waals surface area contributed by atoms with E-state index in [0.717, 1.165) is 23.2 Å². The van der Waals surface area contributed by atoms with Gasteiger partial charge in [0, 0.05) is 18.9 Å². The van der Waals surface area contributed by atoms with Crippen LogP contribution < -0.4 is 5.32 Å². The summed E-state index contributed by atoms with van der Waals surface area (Å²) in [6.45, 7) is 2.60. The van der Waals surface area contributed by atoms with Gasteiger partial charge >= 0.3 is 0 Å². The molecule has 0 bridgehead atoms. The summed E-state index contributed by atoms with van der Waals surface area (Å²) in [7, 11) is 0. The summed E-state index contributed by atoms with van der Waals surface area (Å²) >= 11 is 0. The van der Waals surface area contributed by atoms with Gasteiger partial charge in [0.2, 0.25) is 0 Å². The van der Waals surface area contributed by atoms with Crippen LogP contribution in [0.25, 0.3) is 11.1 Å². The Morgan fingerprint density at radius 2 is 2.08 bits per heavy atom. The molecule has 4 rings (SSSR count). The minimum Gasteiger partial charge on any atom is -0.361 e. The van der Waals surface area contributed by atoms with Crippen LogP contribution in [-0.4, -0.2) is 24.7 Å². The van der Waals surface area contributed by atoms with E-state index in [2.05, 4.69) is 37.6 Å². The summed E-state index contributed by atoms with van der Waals surface area (Å²) in [5, 5.41) is 8.29. The smallest absolute Gasteiger partial charge is 0.263 e. The Hall–Kier alpha value is -3.22. The van der Waals surface area contributed by atoms with Crippen LogP contribution >= 0.6 is 0 Å². The molecule has 3 aromatic heterocycles. The third kappa shape index (κ3) is 2.71. The fourth-order valence-electron chi connectivity index (χ4n) is 2.72. The highest BCUT2D eigenvalue weighted by Crippen LogP contribution is 2.27. The fourth-order valence-corrected chi connectivity index (χ4v) is 2.72. The van der Waals surface area contributed by atoms with E-state index in [1.807, 2.05) is 35.9 Å². The maximum absolute atomic E-state index is 5.23. The van der Waals surface area contributed by atoms with Gasteiger partial charge in [0.1, 0.15) is 17.5 Å². The van der Waals surface area contributed by atoms with Crippen molar-refractivity contribution >= 4 is 16.9 Å². The van der Waals surface area contributed by atoms with E-state index < -0.39 is 0 Å². The second-order valence-electron chi connectivity index (χ2n) is 5.54. The van der Waals surface area contributed by atoms with Gasteiger partial charge in [-0.15, -0.1) is 0 Å². The summed E-state index contributed by atoms with van der Waals surface area (Å²) < 4.78 is 7.26. The molecule has 0 spiro atoms. The normalized spacial score (nSPS) is 12.4. The number of rotatable bonds is 5. The molecule has 0 radical (unpaired) electrons. The van der Waals surface area contributed by atoms with E-state index in [-0.39, 0.29) is 6.04 Å². The summed E-state index contributed by atoms with van der Waals surface area (Å²) in [5.74, 6) is 0.715. The Balaban J connectivity index is 1.72. The monoisotopic (exact) mass is 320 g/mol. The first-order valence-corrected chi connectivity index (χ1v) is 7.65. The predicted octanol–water partition coefficient (Wildman–Crippen LogP) is 2.98. The molecule has 1 N–H and O–H groups in total. The molecule has 3 heterocycles. The molecule has 7 heteroatoms. The number of fused-ring (bicyclic) bond motifs is 1. The molecule has 120 valence electrons. The van der Waals surface area contributed by atoms with Crippen molar-refractivity contribution in [2.75, 3.05) is 5.32 Å². The van der Waals surface area contributed by atoms with Crippen molar-refractivity contribution in [2.24, 2.45) is 0 Å². The van der Waals surface area contributed by atoms with Crippen molar-refractivity contribution in [2.45, 2.75) is 19.5 Å². The summed E-state index contributed by atoms with van der Waals surface area (Å²) in [4.78, 5) is 12.6. The number of anilines is 1. The van der Waals surface area contributed by atoms with Crippen molar-refractivity contribution in [3.05, 3.63) is 66.6 Å². The molecule has 0 saturated carbocycles. The second kappa shape index (κ2) is 6.11. The zero-order chi connectivity index (χ0) is 16.4. The highest BCUT2D eigenvalue weighted by molar-refractivity contribution is 5.87. The Morgan fingerprint density at radius 1 is 1.21 bits per heavy atom. The predicted molar refractivity (Wildman–Crippen MR) is 89.4 cm³/mol. The Bertz CT molecular complexity index is 932. The van der Waals surface area contributed by atoms with Crippen LogP contribution in [0, 0.1) is 6.92 Å². The number of hydrogen-bond donors (Lipinski definition) is 1. The number of imidazole rings is 1. The molecular formula is C17H16N6O. The minimum atomic E-state index is 0.0211. The average molecular weight is 320 g/mol. The highest BCUT2D eigenvalue weighted by Gasteiger charge is 2.17. The highest BCUT2D eigenvalue weighted by atomic mass is 16.5. The fraction of sp³-hybridized carbons (Fsp3) is 0.176. The van der Waals surface area contributed by atoms with Gasteiger partial charge < -0.3 is 14.4 Å². The van der Waals surface area contributed by atoms with Gasteiger partial charge in [0.25, 0.3) is 5.71 Å². The van der Waals surface area contributed by atoms with E-state index in [1.54, 1.807) is 12.5 Å². The van der Waals surface area contributed by atoms with E-state index in [9.17, 15) is 0 Å². The number of aromatic nitrogens is 5. The Labute approximate surface area is 138 Å². The average Bonchev–Trinajstić information content (AvgIpc) is 3.26. The molecule has 0 aliphatic rings. The van der Waals surface area contributed by atoms with Crippen molar-refractivity contribution in [3.8, 4) is 0 Å². The van der Waals surface area contributed by atoms with Crippen molar-refractivity contribution in [1.29, 1.82) is 0 Å². The second-order valence-corrected chi connectivity index (χ2v) is 5.54. The largest absolute Gasteiger partial charge is 0.361 e. The lowest BCUT2D eigenvalue weighted by Gasteiger charge is -2.20. The molecular weight excluding hydrogens is 304 g/mol. The van der Waals surface area contributed by atoms with Gasteiger partial charge in [0.15, 0.2) is 0 Å². The molecule has 1 atom stereocenters. The molecule has 0 aliphatic heterocycles. The van der Waals surface area contributed by atoms with Gasteiger partial charge in [-0.05, 0) is 12.5 Å². The van der Waals surface area contributed by atoms with Crippen LogP contribution in [-0.2, 0) is 6.54 Å². The molecule has 0 unspecified atom stereocenters. The van der Waals surface area contributed by atoms with Gasteiger partial charge in [-0.3, -0.25) is 0 Å². The maximum Gasteiger partial charge on any atom is 0.263 e. The first kappa shape index (κ1) is 14.4. The number of hydrogen-bond acceptors (Lipinski definition) is 6. The molecule has 7 nitrogen and oxygen atoms in total.